The summed E-state index contributed by atoms with van der Waals surface area (Å²) < 4.78 is 0. The van der Waals surface area contributed by atoms with Crippen LogP contribution in [0.5, 0.6) is 0 Å². The van der Waals surface area contributed by atoms with Crippen molar-refractivity contribution >= 4 is 70.1 Å². The van der Waals surface area contributed by atoms with E-state index in [0.717, 1.165) is 0 Å². The van der Waals surface area contributed by atoms with Crippen LogP contribution in [0, 0.1) is 0 Å². The van der Waals surface area contributed by atoms with E-state index in [2.05, 4.69) is 20.6 Å². The maximum Gasteiger partial charge on any atom is 0.328 e. The number of halogens is 4. The van der Waals surface area contributed by atoms with Gasteiger partial charge >= 0.3 is 5.97 Å². The second-order valence-electron chi connectivity index (χ2n) is 8.12. The van der Waals surface area contributed by atoms with Gasteiger partial charge in [-0.25, -0.2) is 14.8 Å². The van der Waals surface area contributed by atoms with Crippen LogP contribution in [-0.4, -0.2) is 56.9 Å². The number of hydrogen-bond donors (Lipinski definition) is 3. The largest absolute Gasteiger partial charge is 0.480 e. The fourth-order valence-corrected chi connectivity index (χ4v) is 4.88. The molecule has 2 aromatic carbocycles. The summed E-state index contributed by atoms with van der Waals surface area (Å²) in [4.78, 5) is 47.2. The molecule has 13 heteroatoms. The number of nitrogens with one attached hydrogen (secondary N) is 2. The zero-order valence-corrected chi connectivity index (χ0v) is 22.0. The van der Waals surface area contributed by atoms with Gasteiger partial charge in [0.15, 0.2) is 0 Å². The SMILES string of the molecule is O=C(NC(CNc1nccc(Cl)n1)C(=O)O)c1c(Cl)cc2c(c1Cl)CCN(C(=O)c1ccc(Cl)cc1)C2. The second kappa shape index (κ2) is 11.5. The van der Waals surface area contributed by atoms with E-state index >= 15 is 0 Å². The molecule has 37 heavy (non-hydrogen) atoms. The number of nitrogens with zero attached hydrogens (tertiary/aromatic N) is 3. The third kappa shape index (κ3) is 6.24. The van der Waals surface area contributed by atoms with Crippen LogP contribution in [0.3, 0.4) is 0 Å². The standard InChI is InChI=1S/C24H19Cl4N5O4/c25-14-3-1-12(2-4-14)22(35)33-8-6-15-13(11-33)9-16(26)19(20(15)28)21(34)31-17(23(36)37)10-30-24-29-7-5-18(27)32-24/h1-5,7,9,17H,6,8,10-11H2,(H,31,34)(H,36,37)(H,29,30,32). The minimum atomic E-state index is -1.34. The molecule has 0 spiro atoms. The quantitative estimate of drug-likeness (QED) is 0.348. The van der Waals surface area contributed by atoms with Crippen molar-refractivity contribution in [2.24, 2.45) is 0 Å². The van der Waals surface area contributed by atoms with Crippen molar-refractivity contribution in [2.45, 2.75) is 19.0 Å². The van der Waals surface area contributed by atoms with Crippen LogP contribution in [0.2, 0.25) is 20.2 Å². The van der Waals surface area contributed by atoms with Crippen molar-refractivity contribution in [3.05, 3.63) is 85.1 Å². The number of benzene rings is 2. The average Bonchev–Trinajstić information content (AvgIpc) is 2.86. The van der Waals surface area contributed by atoms with Gasteiger partial charge in [-0.2, -0.15) is 0 Å². The van der Waals surface area contributed by atoms with E-state index in [9.17, 15) is 19.5 Å². The van der Waals surface area contributed by atoms with Crippen LogP contribution < -0.4 is 10.6 Å². The minimum absolute atomic E-state index is 0.0372. The van der Waals surface area contributed by atoms with Crippen LogP contribution in [0.15, 0.2) is 42.6 Å². The molecule has 1 atom stereocenters. The van der Waals surface area contributed by atoms with Crippen LogP contribution in [0.4, 0.5) is 5.95 Å². The number of fused-ring (bicyclic) bond motifs is 1. The van der Waals surface area contributed by atoms with Crippen molar-refractivity contribution in [1.29, 1.82) is 0 Å². The normalized spacial score (nSPS) is 13.5. The Hall–Kier alpha value is -3.11. The first-order valence-electron chi connectivity index (χ1n) is 10.9. The summed E-state index contributed by atoms with van der Waals surface area (Å²) in [5, 5.41) is 15.6. The van der Waals surface area contributed by atoms with Gasteiger partial charge in [0.05, 0.1) is 15.6 Å². The molecule has 9 nitrogen and oxygen atoms in total. The Morgan fingerprint density at radius 1 is 1.08 bits per heavy atom. The average molecular weight is 583 g/mol. The smallest absolute Gasteiger partial charge is 0.328 e. The molecule has 1 aromatic heterocycles. The van der Waals surface area contributed by atoms with Gasteiger partial charge in [0.1, 0.15) is 11.2 Å². The lowest BCUT2D eigenvalue weighted by molar-refractivity contribution is -0.138. The van der Waals surface area contributed by atoms with Crippen LogP contribution >= 0.6 is 46.4 Å². The molecule has 0 radical (unpaired) electrons. The summed E-state index contributed by atoms with van der Waals surface area (Å²) in [5.74, 6) is -2.10. The number of aromatic nitrogens is 2. The molecular formula is C24H19Cl4N5O4. The predicted octanol–water partition coefficient (Wildman–Crippen LogP) is 4.58. The number of carboxylic acid groups (broad SMARTS) is 1. The molecule has 1 aliphatic rings. The molecule has 0 bridgehead atoms. The third-order valence-corrected chi connectivity index (χ3v) is 6.88. The topological polar surface area (TPSA) is 125 Å². The molecule has 2 heterocycles. The summed E-state index contributed by atoms with van der Waals surface area (Å²) >= 11 is 24.7. The molecule has 0 saturated heterocycles. The summed E-state index contributed by atoms with van der Waals surface area (Å²) in [6, 6.07) is 8.30. The number of carbonyl (C=O) groups excluding carboxylic acids is 2. The Bertz CT molecular complexity index is 1370. The highest BCUT2D eigenvalue weighted by atomic mass is 35.5. The van der Waals surface area contributed by atoms with E-state index in [1.54, 1.807) is 35.2 Å². The van der Waals surface area contributed by atoms with Gasteiger partial charge in [-0.05, 0) is 53.9 Å². The van der Waals surface area contributed by atoms with E-state index in [0.29, 0.717) is 34.7 Å². The zero-order chi connectivity index (χ0) is 26.7. The number of carboxylic acids is 1. The van der Waals surface area contributed by atoms with E-state index in [1.165, 1.54) is 12.3 Å². The monoisotopic (exact) mass is 581 g/mol. The van der Waals surface area contributed by atoms with Gasteiger partial charge in [0, 0.05) is 36.4 Å². The van der Waals surface area contributed by atoms with Crippen molar-refractivity contribution in [1.82, 2.24) is 20.2 Å². The van der Waals surface area contributed by atoms with E-state index in [1.807, 2.05) is 0 Å². The first-order valence-corrected chi connectivity index (χ1v) is 12.5. The second-order valence-corrected chi connectivity index (χ2v) is 9.73. The first-order chi connectivity index (χ1) is 17.6. The lowest BCUT2D eigenvalue weighted by Gasteiger charge is -2.30. The Morgan fingerprint density at radius 3 is 2.49 bits per heavy atom. The van der Waals surface area contributed by atoms with Gasteiger partial charge in [0.2, 0.25) is 5.95 Å². The van der Waals surface area contributed by atoms with Gasteiger partial charge in [0.25, 0.3) is 11.8 Å². The maximum absolute atomic E-state index is 13.0. The molecule has 1 unspecified atom stereocenters. The fraction of sp³-hybridized carbons (Fsp3) is 0.208. The number of carbonyl (C=O) groups is 3. The zero-order valence-electron chi connectivity index (χ0n) is 19.0. The summed E-state index contributed by atoms with van der Waals surface area (Å²) in [6.07, 6.45) is 1.80. The van der Waals surface area contributed by atoms with Crippen LogP contribution in [0.25, 0.3) is 0 Å². The molecule has 1 aliphatic heterocycles. The number of rotatable bonds is 7. The van der Waals surface area contributed by atoms with Gasteiger partial charge in [-0.15, -0.1) is 0 Å². The van der Waals surface area contributed by atoms with E-state index in [-0.39, 0.29) is 45.7 Å². The molecule has 3 N–H and O–H groups in total. The first kappa shape index (κ1) is 26.9. The Morgan fingerprint density at radius 2 is 1.81 bits per heavy atom. The van der Waals surface area contributed by atoms with Crippen molar-refractivity contribution in [2.75, 3.05) is 18.4 Å². The molecule has 2 amide bonds. The lowest BCUT2D eigenvalue weighted by Crippen LogP contribution is -2.45. The van der Waals surface area contributed by atoms with Gasteiger partial charge in [-0.1, -0.05) is 46.4 Å². The fourth-order valence-electron chi connectivity index (χ4n) is 3.85. The summed E-state index contributed by atoms with van der Waals surface area (Å²) in [6.45, 7) is 0.404. The molecular weight excluding hydrogens is 564 g/mol. The molecule has 0 fully saturated rings. The highest BCUT2D eigenvalue weighted by molar-refractivity contribution is 6.40. The van der Waals surface area contributed by atoms with E-state index in [4.69, 9.17) is 46.4 Å². The Labute approximate surface area is 231 Å². The third-order valence-electron chi connectivity index (χ3n) is 5.70. The molecule has 0 aliphatic carbocycles. The number of anilines is 1. The van der Waals surface area contributed by atoms with Gasteiger partial charge in [-0.3, -0.25) is 9.59 Å². The molecule has 192 valence electrons. The summed E-state index contributed by atoms with van der Waals surface area (Å²) in [7, 11) is 0. The lowest BCUT2D eigenvalue weighted by atomic mass is 9.96. The number of aliphatic carboxylic acids is 1. The molecule has 4 rings (SSSR count). The van der Waals surface area contributed by atoms with Crippen molar-refractivity contribution < 1.29 is 19.5 Å². The van der Waals surface area contributed by atoms with Crippen LogP contribution in [0.1, 0.15) is 31.8 Å². The van der Waals surface area contributed by atoms with Gasteiger partial charge < -0.3 is 20.6 Å². The maximum atomic E-state index is 13.0. The van der Waals surface area contributed by atoms with Crippen LogP contribution in [-0.2, 0) is 17.8 Å². The Kier molecular flexibility index (Phi) is 8.39. The number of hydrogen-bond acceptors (Lipinski definition) is 6. The Balaban J connectivity index is 1.49. The molecule has 3 aromatic rings. The summed E-state index contributed by atoms with van der Waals surface area (Å²) in [5.41, 5.74) is 1.84. The van der Waals surface area contributed by atoms with E-state index < -0.39 is 17.9 Å². The highest BCUT2D eigenvalue weighted by Crippen LogP contribution is 2.35. The highest BCUT2D eigenvalue weighted by Gasteiger charge is 2.29. The number of amides is 2. The van der Waals surface area contributed by atoms with Crippen molar-refractivity contribution in [3.63, 3.8) is 0 Å². The van der Waals surface area contributed by atoms with Crippen molar-refractivity contribution in [3.8, 4) is 0 Å². The minimum Gasteiger partial charge on any atom is -0.480 e. The predicted molar refractivity (Wildman–Crippen MR) is 141 cm³/mol. The molecule has 0 saturated carbocycles.